The Hall–Kier alpha value is -1.93. The molecular formula is C20H14OSSe. The first kappa shape index (κ1) is 14.6. The average Bonchev–Trinajstić information content (AvgIpc) is 2.94. The zero-order valence-electron chi connectivity index (χ0n) is 12.3. The van der Waals surface area contributed by atoms with E-state index in [9.17, 15) is 0 Å². The quantitative estimate of drug-likeness (QED) is 0.491. The van der Waals surface area contributed by atoms with Crippen LogP contribution in [-0.4, -0.2) is 15.0 Å². The van der Waals surface area contributed by atoms with E-state index in [4.69, 9.17) is 4.42 Å². The van der Waals surface area contributed by atoms with Gasteiger partial charge in [-0.3, -0.25) is 0 Å². The fourth-order valence-corrected chi connectivity index (χ4v) is 5.64. The Bertz CT molecular complexity index is 916. The predicted molar refractivity (Wildman–Crippen MR) is 98.2 cm³/mol. The Morgan fingerprint density at radius 2 is 1.35 bits per heavy atom. The van der Waals surface area contributed by atoms with Gasteiger partial charge in [0.15, 0.2) is 0 Å². The molecule has 0 bridgehead atoms. The molecule has 4 rings (SSSR count). The number of hydrogen-bond acceptors (Lipinski definition) is 2. The van der Waals surface area contributed by atoms with Gasteiger partial charge in [0.2, 0.25) is 0 Å². The van der Waals surface area contributed by atoms with E-state index in [2.05, 4.69) is 72.8 Å². The molecule has 0 aliphatic carbocycles. The topological polar surface area (TPSA) is 13.1 Å². The van der Waals surface area contributed by atoms with Gasteiger partial charge in [0.05, 0.1) is 0 Å². The summed E-state index contributed by atoms with van der Waals surface area (Å²) in [5, 5.41) is 2.25. The minimum absolute atomic E-state index is 0.227. The number of hydrogen-bond donors (Lipinski definition) is 0. The van der Waals surface area contributed by atoms with Crippen molar-refractivity contribution in [2.75, 3.05) is 0 Å². The van der Waals surface area contributed by atoms with Crippen molar-refractivity contribution in [3.8, 4) is 0 Å². The third kappa shape index (κ3) is 3.23. The second-order valence-corrected chi connectivity index (χ2v) is 8.37. The first-order chi connectivity index (χ1) is 11.4. The fraction of sp³-hybridized carbons (Fsp3) is 0. The first-order valence-corrected chi connectivity index (χ1v) is 9.90. The summed E-state index contributed by atoms with van der Waals surface area (Å²) in [5.41, 5.74) is 0.971. The monoisotopic (exact) mass is 382 g/mol. The molecule has 0 fully saturated rings. The van der Waals surface area contributed by atoms with Gasteiger partial charge in [-0.25, -0.2) is 0 Å². The van der Waals surface area contributed by atoms with E-state index < -0.39 is 0 Å². The number of benzene rings is 3. The first-order valence-electron chi connectivity index (χ1n) is 7.37. The molecule has 112 valence electrons. The van der Waals surface area contributed by atoms with Crippen LogP contribution in [0.2, 0.25) is 0 Å². The Morgan fingerprint density at radius 3 is 2.13 bits per heavy atom. The molecular weight excluding hydrogens is 367 g/mol. The number of para-hydroxylation sites is 1. The Morgan fingerprint density at radius 1 is 0.696 bits per heavy atom. The van der Waals surface area contributed by atoms with Gasteiger partial charge in [-0.2, -0.15) is 0 Å². The molecule has 3 aromatic carbocycles. The molecule has 0 saturated heterocycles. The fourth-order valence-electron chi connectivity index (χ4n) is 2.37. The third-order valence-corrected chi connectivity index (χ3v) is 7.05. The molecule has 0 atom stereocenters. The van der Waals surface area contributed by atoms with E-state index >= 15 is 0 Å². The molecule has 0 saturated carbocycles. The summed E-state index contributed by atoms with van der Waals surface area (Å²) in [6.07, 6.45) is 0. The zero-order chi connectivity index (χ0) is 15.5. The van der Waals surface area contributed by atoms with E-state index in [-0.39, 0.29) is 15.0 Å². The van der Waals surface area contributed by atoms with Crippen LogP contribution in [0.3, 0.4) is 0 Å². The Balaban J connectivity index is 1.78. The summed E-state index contributed by atoms with van der Waals surface area (Å²) in [6, 6.07) is 29.4. The van der Waals surface area contributed by atoms with Gasteiger partial charge < -0.3 is 0 Å². The molecule has 0 spiro atoms. The summed E-state index contributed by atoms with van der Waals surface area (Å²) in [6.45, 7) is 0. The van der Waals surface area contributed by atoms with E-state index in [1.54, 1.807) is 11.8 Å². The molecule has 0 aliphatic heterocycles. The maximum absolute atomic E-state index is 6.15. The summed E-state index contributed by atoms with van der Waals surface area (Å²) in [5.74, 6) is 0. The van der Waals surface area contributed by atoms with Gasteiger partial charge in [-0.1, -0.05) is 0 Å². The standard InChI is InChI=1S/C20H14OSSe/c1-3-9-15(10-4-1)22-20-19(23-16-11-5-2-6-12-16)17-13-7-8-14-18(17)21-20/h1-14H. The molecule has 0 aliphatic rings. The molecule has 1 heterocycles. The molecule has 3 heteroatoms. The second kappa shape index (κ2) is 6.67. The van der Waals surface area contributed by atoms with Crippen molar-refractivity contribution in [2.45, 2.75) is 9.99 Å². The molecule has 1 aromatic heterocycles. The molecule has 23 heavy (non-hydrogen) atoms. The zero-order valence-corrected chi connectivity index (χ0v) is 14.8. The number of fused-ring (bicyclic) bond motifs is 1. The van der Waals surface area contributed by atoms with Crippen molar-refractivity contribution in [2.24, 2.45) is 0 Å². The van der Waals surface area contributed by atoms with Crippen molar-refractivity contribution < 1.29 is 4.42 Å². The van der Waals surface area contributed by atoms with Crippen molar-refractivity contribution in [3.05, 3.63) is 84.9 Å². The van der Waals surface area contributed by atoms with E-state index in [1.165, 1.54) is 19.2 Å². The van der Waals surface area contributed by atoms with E-state index in [0.29, 0.717) is 0 Å². The SMILES string of the molecule is c1ccc(Sc2oc3ccccc3c2[Se]c2ccccc2)cc1. The number of furan rings is 1. The van der Waals surface area contributed by atoms with Gasteiger partial charge in [0.25, 0.3) is 0 Å². The molecule has 1 nitrogen and oxygen atoms in total. The van der Waals surface area contributed by atoms with Crippen LogP contribution in [0.1, 0.15) is 0 Å². The van der Waals surface area contributed by atoms with Crippen LogP contribution in [0.15, 0.2) is 99.3 Å². The maximum atomic E-state index is 6.15. The van der Waals surface area contributed by atoms with Gasteiger partial charge in [-0.05, 0) is 0 Å². The van der Waals surface area contributed by atoms with Gasteiger partial charge >= 0.3 is 146 Å². The molecule has 0 amide bonds. The molecule has 4 aromatic rings. The van der Waals surface area contributed by atoms with Crippen LogP contribution in [0.4, 0.5) is 0 Å². The van der Waals surface area contributed by atoms with E-state index in [1.807, 2.05) is 12.1 Å². The van der Waals surface area contributed by atoms with Crippen molar-refractivity contribution in [3.63, 3.8) is 0 Å². The Labute approximate surface area is 145 Å². The minimum atomic E-state index is 0.227. The second-order valence-electron chi connectivity index (χ2n) is 5.05. The van der Waals surface area contributed by atoms with E-state index in [0.717, 1.165) is 10.7 Å². The molecule has 0 radical (unpaired) electrons. The summed E-state index contributed by atoms with van der Waals surface area (Å²) >= 11 is 1.94. The summed E-state index contributed by atoms with van der Waals surface area (Å²) in [4.78, 5) is 1.21. The van der Waals surface area contributed by atoms with Gasteiger partial charge in [0.1, 0.15) is 0 Å². The van der Waals surface area contributed by atoms with Crippen LogP contribution in [-0.2, 0) is 0 Å². The normalized spacial score (nSPS) is 11.0. The molecule has 0 unspecified atom stereocenters. The van der Waals surface area contributed by atoms with Gasteiger partial charge in [0, 0.05) is 0 Å². The molecule has 0 N–H and O–H groups in total. The van der Waals surface area contributed by atoms with Crippen molar-refractivity contribution >= 4 is 46.6 Å². The van der Waals surface area contributed by atoms with Crippen molar-refractivity contribution in [1.82, 2.24) is 0 Å². The van der Waals surface area contributed by atoms with Crippen LogP contribution >= 0.6 is 11.8 Å². The predicted octanol–water partition coefficient (Wildman–Crippen LogP) is 4.24. The van der Waals surface area contributed by atoms with Gasteiger partial charge in [-0.15, -0.1) is 0 Å². The van der Waals surface area contributed by atoms with Crippen LogP contribution in [0.25, 0.3) is 11.0 Å². The van der Waals surface area contributed by atoms with Crippen LogP contribution < -0.4 is 8.92 Å². The van der Waals surface area contributed by atoms with Crippen LogP contribution in [0.5, 0.6) is 0 Å². The van der Waals surface area contributed by atoms with Crippen molar-refractivity contribution in [1.29, 1.82) is 0 Å². The number of rotatable bonds is 4. The van der Waals surface area contributed by atoms with Crippen LogP contribution in [0, 0.1) is 0 Å². The average molecular weight is 381 g/mol. The Kier molecular flexibility index (Phi) is 4.25. The summed E-state index contributed by atoms with van der Waals surface area (Å²) < 4.78 is 8.84. The summed E-state index contributed by atoms with van der Waals surface area (Å²) in [7, 11) is 0. The third-order valence-electron chi connectivity index (χ3n) is 3.44.